The SMILES string of the molecule is CC(C)N1CCN(C2CN(Cc3cncnc3)C2)CC1. The highest BCUT2D eigenvalue weighted by atomic mass is 15.3. The highest BCUT2D eigenvalue weighted by Gasteiger charge is 2.33. The Morgan fingerprint density at radius 3 is 2.35 bits per heavy atom. The molecule has 1 aromatic rings. The van der Waals surface area contributed by atoms with Crippen molar-refractivity contribution in [2.75, 3.05) is 39.3 Å². The van der Waals surface area contributed by atoms with E-state index in [1.54, 1.807) is 6.33 Å². The fourth-order valence-electron chi connectivity index (χ4n) is 3.19. The molecule has 20 heavy (non-hydrogen) atoms. The lowest BCUT2D eigenvalue weighted by molar-refractivity contribution is -0.00419. The molecule has 0 aromatic carbocycles. The van der Waals surface area contributed by atoms with Gasteiger partial charge in [-0.15, -0.1) is 0 Å². The van der Waals surface area contributed by atoms with E-state index in [-0.39, 0.29) is 0 Å². The number of rotatable bonds is 4. The molecule has 5 heteroatoms. The molecular weight excluding hydrogens is 250 g/mol. The number of nitrogens with zero attached hydrogens (tertiary/aromatic N) is 5. The van der Waals surface area contributed by atoms with Gasteiger partial charge in [-0.05, 0) is 13.8 Å². The van der Waals surface area contributed by atoms with E-state index >= 15 is 0 Å². The van der Waals surface area contributed by atoms with Crippen molar-refractivity contribution in [2.45, 2.75) is 32.5 Å². The average molecular weight is 275 g/mol. The van der Waals surface area contributed by atoms with Crippen molar-refractivity contribution in [1.29, 1.82) is 0 Å². The van der Waals surface area contributed by atoms with E-state index < -0.39 is 0 Å². The molecule has 0 atom stereocenters. The normalized spacial score (nSPS) is 23.1. The van der Waals surface area contributed by atoms with Crippen LogP contribution in [0.2, 0.25) is 0 Å². The van der Waals surface area contributed by atoms with Crippen LogP contribution < -0.4 is 0 Å². The molecule has 5 nitrogen and oxygen atoms in total. The van der Waals surface area contributed by atoms with Gasteiger partial charge in [-0.3, -0.25) is 14.7 Å². The van der Waals surface area contributed by atoms with Crippen molar-refractivity contribution >= 4 is 0 Å². The summed E-state index contributed by atoms with van der Waals surface area (Å²) in [6.45, 7) is 12.9. The first-order chi connectivity index (χ1) is 9.72. The fraction of sp³-hybridized carbons (Fsp3) is 0.733. The van der Waals surface area contributed by atoms with Crippen LogP contribution >= 0.6 is 0 Å². The lowest BCUT2D eigenvalue weighted by Gasteiger charge is -2.48. The van der Waals surface area contributed by atoms with Gasteiger partial charge in [-0.1, -0.05) is 0 Å². The summed E-state index contributed by atoms with van der Waals surface area (Å²) >= 11 is 0. The molecule has 0 bridgehead atoms. The summed E-state index contributed by atoms with van der Waals surface area (Å²) in [6.07, 6.45) is 5.43. The Morgan fingerprint density at radius 1 is 1.10 bits per heavy atom. The molecule has 0 spiro atoms. The van der Waals surface area contributed by atoms with Crippen molar-refractivity contribution in [3.63, 3.8) is 0 Å². The fourth-order valence-corrected chi connectivity index (χ4v) is 3.19. The largest absolute Gasteiger partial charge is 0.298 e. The van der Waals surface area contributed by atoms with Crippen LogP contribution in [-0.2, 0) is 6.54 Å². The van der Waals surface area contributed by atoms with E-state index in [0.29, 0.717) is 6.04 Å². The Morgan fingerprint density at radius 2 is 1.75 bits per heavy atom. The van der Waals surface area contributed by atoms with E-state index in [1.165, 1.54) is 44.8 Å². The lowest BCUT2D eigenvalue weighted by atomic mass is 10.0. The van der Waals surface area contributed by atoms with E-state index in [1.807, 2.05) is 12.4 Å². The minimum Gasteiger partial charge on any atom is -0.298 e. The van der Waals surface area contributed by atoms with Crippen LogP contribution in [0.3, 0.4) is 0 Å². The highest BCUT2D eigenvalue weighted by molar-refractivity contribution is 5.04. The Kier molecular flexibility index (Phi) is 4.29. The number of hydrogen-bond acceptors (Lipinski definition) is 5. The van der Waals surface area contributed by atoms with Crippen LogP contribution in [0.4, 0.5) is 0 Å². The van der Waals surface area contributed by atoms with Gasteiger partial charge in [0, 0.05) is 75.9 Å². The first-order valence-corrected chi connectivity index (χ1v) is 7.66. The monoisotopic (exact) mass is 275 g/mol. The smallest absolute Gasteiger partial charge is 0.115 e. The molecule has 3 rings (SSSR count). The number of likely N-dealkylation sites (tertiary alicyclic amines) is 1. The molecule has 0 aliphatic carbocycles. The quantitative estimate of drug-likeness (QED) is 0.808. The molecule has 2 aliphatic rings. The minimum absolute atomic E-state index is 0.688. The van der Waals surface area contributed by atoms with Crippen molar-refractivity contribution in [2.24, 2.45) is 0 Å². The second-order valence-electron chi connectivity index (χ2n) is 6.26. The van der Waals surface area contributed by atoms with Gasteiger partial charge >= 0.3 is 0 Å². The van der Waals surface area contributed by atoms with Gasteiger partial charge in [0.05, 0.1) is 0 Å². The molecule has 0 saturated carbocycles. The summed E-state index contributed by atoms with van der Waals surface area (Å²) in [6, 6.07) is 1.45. The van der Waals surface area contributed by atoms with Gasteiger partial charge in [0.2, 0.25) is 0 Å². The van der Waals surface area contributed by atoms with Crippen LogP contribution in [-0.4, -0.2) is 76.0 Å². The molecule has 0 N–H and O–H groups in total. The topological polar surface area (TPSA) is 35.5 Å². The third-order valence-electron chi connectivity index (χ3n) is 4.55. The Balaban J connectivity index is 1.40. The van der Waals surface area contributed by atoms with Gasteiger partial charge in [0.15, 0.2) is 0 Å². The van der Waals surface area contributed by atoms with Crippen LogP contribution in [0.5, 0.6) is 0 Å². The third kappa shape index (κ3) is 3.16. The number of hydrogen-bond donors (Lipinski definition) is 0. The first kappa shape index (κ1) is 13.9. The Labute approximate surface area is 121 Å². The summed E-state index contributed by atoms with van der Waals surface area (Å²) in [5.41, 5.74) is 1.22. The maximum absolute atomic E-state index is 4.08. The van der Waals surface area contributed by atoms with Crippen LogP contribution in [0.25, 0.3) is 0 Å². The Bertz CT molecular complexity index is 408. The zero-order valence-corrected chi connectivity index (χ0v) is 12.6. The zero-order chi connectivity index (χ0) is 13.9. The maximum atomic E-state index is 4.08. The van der Waals surface area contributed by atoms with Gasteiger partial charge < -0.3 is 0 Å². The molecule has 2 aliphatic heterocycles. The van der Waals surface area contributed by atoms with E-state index in [9.17, 15) is 0 Å². The summed E-state index contributed by atoms with van der Waals surface area (Å²) in [7, 11) is 0. The van der Waals surface area contributed by atoms with Gasteiger partial charge in [-0.25, -0.2) is 9.97 Å². The second-order valence-corrected chi connectivity index (χ2v) is 6.26. The minimum atomic E-state index is 0.688. The molecule has 0 unspecified atom stereocenters. The predicted octanol–water partition coefficient (Wildman–Crippen LogP) is 0.687. The van der Waals surface area contributed by atoms with Crippen molar-refractivity contribution in [1.82, 2.24) is 24.7 Å². The van der Waals surface area contributed by atoms with Crippen molar-refractivity contribution < 1.29 is 0 Å². The molecular formula is C15H25N5. The summed E-state index contributed by atoms with van der Waals surface area (Å²) in [5, 5.41) is 0. The molecule has 1 aromatic heterocycles. The summed E-state index contributed by atoms with van der Waals surface area (Å²) in [5.74, 6) is 0. The van der Waals surface area contributed by atoms with Gasteiger partial charge in [0.1, 0.15) is 6.33 Å². The number of aromatic nitrogens is 2. The lowest BCUT2D eigenvalue weighted by Crippen LogP contribution is -2.63. The first-order valence-electron chi connectivity index (χ1n) is 7.66. The number of piperazine rings is 1. The zero-order valence-electron chi connectivity index (χ0n) is 12.6. The Hall–Kier alpha value is -1.04. The molecule has 3 heterocycles. The highest BCUT2D eigenvalue weighted by Crippen LogP contribution is 2.19. The summed E-state index contributed by atoms with van der Waals surface area (Å²) < 4.78 is 0. The van der Waals surface area contributed by atoms with Crippen molar-refractivity contribution in [3.05, 3.63) is 24.3 Å². The molecule has 2 fully saturated rings. The average Bonchev–Trinajstić information content (AvgIpc) is 2.44. The third-order valence-corrected chi connectivity index (χ3v) is 4.55. The second kappa shape index (κ2) is 6.16. The van der Waals surface area contributed by atoms with E-state index in [0.717, 1.165) is 12.6 Å². The van der Waals surface area contributed by atoms with Gasteiger partial charge in [0.25, 0.3) is 0 Å². The summed E-state index contributed by atoms with van der Waals surface area (Å²) in [4.78, 5) is 15.9. The molecule has 0 radical (unpaired) electrons. The molecule has 2 saturated heterocycles. The van der Waals surface area contributed by atoms with E-state index in [4.69, 9.17) is 0 Å². The van der Waals surface area contributed by atoms with Crippen LogP contribution in [0.1, 0.15) is 19.4 Å². The standard InChI is InChI=1S/C15H25N5/c1-13(2)19-3-5-20(6-4-19)15-10-18(11-15)9-14-7-16-12-17-8-14/h7-8,12-13,15H,3-6,9-11H2,1-2H3. The van der Waals surface area contributed by atoms with Crippen LogP contribution in [0.15, 0.2) is 18.7 Å². The predicted molar refractivity (Wildman–Crippen MR) is 79.4 cm³/mol. The maximum Gasteiger partial charge on any atom is 0.115 e. The van der Waals surface area contributed by atoms with Crippen molar-refractivity contribution in [3.8, 4) is 0 Å². The van der Waals surface area contributed by atoms with Crippen LogP contribution in [0, 0.1) is 0 Å². The van der Waals surface area contributed by atoms with E-state index in [2.05, 4.69) is 38.5 Å². The molecule has 110 valence electrons. The van der Waals surface area contributed by atoms with Gasteiger partial charge in [-0.2, -0.15) is 0 Å². The molecule has 0 amide bonds.